The Labute approximate surface area is 473 Å². The van der Waals surface area contributed by atoms with E-state index in [1.165, 1.54) is 29.3 Å². The average Bonchev–Trinajstić information content (AvgIpc) is 4.10. The standard InChI is InChI=1S/C60H65F2N9O10S/c1-35-4-2-3-5-41(35)52-32-68(47-12-23-79-53-29-45(62)44(61)28-43(47)53)18-19-69(52)39-30-60(31-39)13-16-67(17-14-60)38-6-7-42(49(25-38)70-48-11-22-78-34-55(48)81-59-51(70)24-37-8-15-63-57(37)65-59)58(72)66-82(75,76)40-26-50(71(73)74)56-54(27-40)80-33-46(64-56)36-9-20-77-21-10-36/h2-8,15,24-29,36,39,46-48,52,55,64H,9-14,16-23,30-34H2,1H3,(H,63,65)(H,66,72)/t46-,47-,48-,52-,55-/m0/s1. The number of rotatable bonds is 10. The molecule has 9 heterocycles. The van der Waals surface area contributed by atoms with Crippen LogP contribution in [0.1, 0.15) is 90.5 Å². The number of fused-ring (bicyclic) bond motifs is 5. The topological polar surface area (TPSA) is 206 Å². The number of piperazine rings is 1. The van der Waals surface area contributed by atoms with Crippen LogP contribution in [0.2, 0.25) is 0 Å². The largest absolute Gasteiger partial charge is 0.493 e. The number of benzene rings is 4. The number of ether oxygens (including phenoxy) is 5. The lowest BCUT2D eigenvalue weighted by Crippen LogP contribution is -2.60. The normalized spacial score (nSPS) is 24.8. The minimum atomic E-state index is -4.73. The molecule has 8 aliphatic rings. The molecule has 3 N–H and O–H groups in total. The third-order valence-electron chi connectivity index (χ3n) is 19.0. The first-order valence-electron chi connectivity index (χ1n) is 28.7. The Bertz CT molecular complexity index is 3600. The number of carbonyl (C=O) groups excluding carboxylic acids is 1. The third-order valence-corrected chi connectivity index (χ3v) is 20.3. The van der Waals surface area contributed by atoms with Gasteiger partial charge in [0.1, 0.15) is 29.8 Å². The Balaban J connectivity index is 0.735. The highest BCUT2D eigenvalue weighted by molar-refractivity contribution is 7.90. The van der Waals surface area contributed by atoms with Gasteiger partial charge in [-0.2, -0.15) is 4.98 Å². The molecule has 7 aliphatic heterocycles. The van der Waals surface area contributed by atoms with Crippen LogP contribution < -0.4 is 34.0 Å². The van der Waals surface area contributed by atoms with Crippen LogP contribution >= 0.6 is 0 Å². The van der Waals surface area contributed by atoms with E-state index in [0.29, 0.717) is 79.5 Å². The second-order valence-corrected chi connectivity index (χ2v) is 25.2. The zero-order chi connectivity index (χ0) is 56.0. The molecule has 4 saturated heterocycles. The first-order valence-corrected chi connectivity index (χ1v) is 30.2. The van der Waals surface area contributed by atoms with Crippen LogP contribution in [0.4, 0.5) is 37.2 Å². The molecule has 5 fully saturated rings. The highest BCUT2D eigenvalue weighted by Crippen LogP contribution is 2.55. The molecule has 2 aromatic heterocycles. The van der Waals surface area contributed by atoms with E-state index in [9.17, 15) is 32.1 Å². The quantitative estimate of drug-likeness (QED) is 0.0864. The Morgan fingerprint density at radius 3 is 2.45 bits per heavy atom. The molecule has 0 unspecified atom stereocenters. The number of piperidine rings is 1. The molecule has 1 saturated carbocycles. The Morgan fingerprint density at radius 1 is 0.829 bits per heavy atom. The number of anilines is 4. The summed E-state index contributed by atoms with van der Waals surface area (Å²) in [5.74, 6) is -1.76. The number of carbonyl (C=O) groups is 1. The molecular formula is C60H65F2N9O10S. The van der Waals surface area contributed by atoms with E-state index in [2.05, 4.69) is 65.8 Å². The molecule has 82 heavy (non-hydrogen) atoms. The monoisotopic (exact) mass is 1140 g/mol. The zero-order valence-electron chi connectivity index (χ0n) is 45.5. The summed E-state index contributed by atoms with van der Waals surface area (Å²) < 4.78 is 90.1. The molecule has 0 bridgehead atoms. The number of aromatic amines is 1. The maximum Gasteiger partial charge on any atom is 0.297 e. The first-order chi connectivity index (χ1) is 39.8. The molecule has 22 heteroatoms. The van der Waals surface area contributed by atoms with E-state index in [0.717, 1.165) is 88.4 Å². The van der Waals surface area contributed by atoms with Crippen molar-refractivity contribution in [1.82, 2.24) is 24.5 Å². The van der Waals surface area contributed by atoms with Crippen molar-refractivity contribution in [1.29, 1.82) is 0 Å². The van der Waals surface area contributed by atoms with Crippen molar-refractivity contribution >= 4 is 55.4 Å². The Morgan fingerprint density at radius 2 is 1.63 bits per heavy atom. The lowest BCUT2D eigenvalue weighted by atomic mass is 9.59. The lowest BCUT2D eigenvalue weighted by Gasteiger charge is -2.59. The molecule has 4 aromatic carbocycles. The fraction of sp³-hybridized carbons (Fsp3) is 0.467. The van der Waals surface area contributed by atoms with Crippen LogP contribution in [0.15, 0.2) is 90.0 Å². The van der Waals surface area contributed by atoms with Gasteiger partial charge in [-0.05, 0) is 111 Å². The average molecular weight is 1140 g/mol. The summed E-state index contributed by atoms with van der Waals surface area (Å²) in [7, 11) is -4.73. The van der Waals surface area contributed by atoms with Crippen molar-refractivity contribution in [2.75, 3.05) is 87.5 Å². The number of hydrogen-bond acceptors (Lipinski definition) is 16. The SMILES string of the molecule is Cc1ccccc1[C@@H]1CN([C@H]2CCOc3cc(F)c(F)cc32)CCN1C1CC2(CCN(c3ccc(C(=O)NS(=O)(=O)c4cc5c(c([N+](=O)[O-])c4)N[C@H](C4CCOCC4)CO5)c(N4c5cc6cc[nH]c6nc5O[C@H]5COCC[C@@H]54)c3)CC2)C1. The van der Waals surface area contributed by atoms with Gasteiger partial charge in [-0.1, -0.05) is 24.3 Å². The number of nitrogens with one attached hydrogen (secondary N) is 3. The van der Waals surface area contributed by atoms with Gasteiger partial charge in [-0.25, -0.2) is 21.9 Å². The lowest BCUT2D eigenvalue weighted by molar-refractivity contribution is -0.384. The summed E-state index contributed by atoms with van der Waals surface area (Å²) in [5.41, 5.74) is 5.60. The van der Waals surface area contributed by atoms with Gasteiger partial charge in [0, 0.05) is 118 Å². The second kappa shape index (κ2) is 20.9. The van der Waals surface area contributed by atoms with Gasteiger partial charge in [0.05, 0.1) is 46.4 Å². The van der Waals surface area contributed by atoms with Crippen molar-refractivity contribution in [2.24, 2.45) is 11.3 Å². The van der Waals surface area contributed by atoms with Crippen molar-refractivity contribution in [2.45, 2.75) is 99.5 Å². The minimum Gasteiger partial charge on any atom is -0.493 e. The minimum absolute atomic E-state index is 0.0116. The highest BCUT2D eigenvalue weighted by Gasteiger charge is 2.51. The van der Waals surface area contributed by atoms with E-state index in [4.69, 9.17) is 28.7 Å². The third kappa shape index (κ3) is 9.52. The Kier molecular flexibility index (Phi) is 13.5. The van der Waals surface area contributed by atoms with E-state index in [-0.39, 0.29) is 65.7 Å². The van der Waals surface area contributed by atoms with Crippen molar-refractivity contribution in [3.8, 4) is 17.4 Å². The molecule has 1 spiro atoms. The van der Waals surface area contributed by atoms with Crippen LogP contribution in [0.3, 0.4) is 0 Å². The van der Waals surface area contributed by atoms with Gasteiger partial charge >= 0.3 is 0 Å². The van der Waals surface area contributed by atoms with Crippen molar-refractivity contribution < 1.29 is 50.6 Å². The van der Waals surface area contributed by atoms with Crippen LogP contribution in [0.5, 0.6) is 17.4 Å². The summed E-state index contributed by atoms with van der Waals surface area (Å²) in [5, 5.41) is 16.7. The Hall–Kier alpha value is -7.11. The fourth-order valence-electron chi connectivity index (χ4n) is 14.6. The van der Waals surface area contributed by atoms with E-state index < -0.39 is 49.2 Å². The van der Waals surface area contributed by atoms with Crippen molar-refractivity contribution in [3.63, 3.8) is 0 Å². The second-order valence-electron chi connectivity index (χ2n) is 23.5. The summed E-state index contributed by atoms with van der Waals surface area (Å²) in [4.78, 5) is 44.0. The number of sulfonamides is 1. The van der Waals surface area contributed by atoms with Gasteiger partial charge < -0.3 is 43.8 Å². The molecule has 0 radical (unpaired) electrons. The van der Waals surface area contributed by atoms with E-state index >= 15 is 0 Å². The summed E-state index contributed by atoms with van der Waals surface area (Å²) in [6.07, 6.45) is 8.09. The number of halogens is 2. The maximum absolute atomic E-state index is 14.9. The van der Waals surface area contributed by atoms with Gasteiger partial charge in [-0.15, -0.1) is 0 Å². The van der Waals surface area contributed by atoms with Gasteiger partial charge in [0.15, 0.2) is 23.1 Å². The predicted molar refractivity (Wildman–Crippen MR) is 301 cm³/mol. The zero-order valence-corrected chi connectivity index (χ0v) is 46.3. The number of H-pyrrole nitrogens is 1. The van der Waals surface area contributed by atoms with Crippen LogP contribution in [-0.2, 0) is 19.5 Å². The van der Waals surface area contributed by atoms with Crippen molar-refractivity contribution in [3.05, 3.63) is 129 Å². The molecular weight excluding hydrogens is 1080 g/mol. The summed E-state index contributed by atoms with van der Waals surface area (Å²) in [6, 6.07) is 22.5. The van der Waals surface area contributed by atoms with E-state index in [1.807, 2.05) is 24.3 Å². The number of hydrogen-bond donors (Lipinski definition) is 3. The van der Waals surface area contributed by atoms with Crippen LogP contribution in [-0.4, -0.2) is 136 Å². The number of pyridine rings is 1. The predicted octanol–water partition coefficient (Wildman–Crippen LogP) is 9.10. The molecule has 430 valence electrons. The molecule has 1 amide bonds. The van der Waals surface area contributed by atoms with Crippen LogP contribution in [0, 0.1) is 40.0 Å². The molecule has 1 aliphatic carbocycles. The molecule has 19 nitrogen and oxygen atoms in total. The van der Waals surface area contributed by atoms with E-state index in [1.54, 1.807) is 12.3 Å². The number of aryl methyl sites for hydroxylation is 1. The fourth-order valence-corrected chi connectivity index (χ4v) is 15.6. The van der Waals surface area contributed by atoms with Crippen LogP contribution in [0.25, 0.3) is 11.0 Å². The smallest absolute Gasteiger partial charge is 0.297 e. The van der Waals surface area contributed by atoms with Gasteiger partial charge in [0.2, 0.25) is 5.88 Å². The highest BCUT2D eigenvalue weighted by atomic mass is 32.2. The number of aromatic nitrogens is 2. The molecule has 14 rings (SSSR count). The van der Waals surface area contributed by atoms with Gasteiger partial charge in [-0.3, -0.25) is 24.7 Å². The number of amides is 1. The number of nitro groups is 1. The first kappa shape index (κ1) is 52.9. The van der Waals surface area contributed by atoms with Gasteiger partial charge in [0.25, 0.3) is 21.6 Å². The number of nitro benzene ring substituents is 1. The number of nitrogens with zero attached hydrogens (tertiary/aromatic N) is 6. The summed E-state index contributed by atoms with van der Waals surface area (Å²) in [6.45, 7) is 8.54. The summed E-state index contributed by atoms with van der Waals surface area (Å²) >= 11 is 0. The molecule has 5 atom stereocenters. The maximum atomic E-state index is 14.9. The molecule has 6 aromatic rings.